The normalized spacial score (nSPS) is 13.0. The molecule has 0 aliphatic heterocycles. The first-order chi connectivity index (χ1) is 7.20. The number of nitrogens with zero attached hydrogens (tertiary/aromatic N) is 3. The molecule has 80 valence electrons. The molecule has 0 N–H and O–H groups in total. The van der Waals surface area contributed by atoms with Gasteiger partial charge in [-0.2, -0.15) is 4.98 Å². The average Bonchev–Trinajstić information content (AvgIpc) is 2.84. The van der Waals surface area contributed by atoms with Crippen molar-refractivity contribution in [3.05, 3.63) is 17.0 Å². The van der Waals surface area contributed by atoms with Crippen molar-refractivity contribution >= 4 is 22.9 Å². The van der Waals surface area contributed by atoms with Crippen LogP contribution < -0.4 is 0 Å². The van der Waals surface area contributed by atoms with Crippen LogP contribution in [0.25, 0.3) is 10.8 Å². The zero-order valence-corrected chi connectivity index (χ0v) is 9.97. The van der Waals surface area contributed by atoms with E-state index in [0.717, 1.165) is 16.3 Å². The number of aromatic nitrogens is 3. The first kappa shape index (κ1) is 10.6. The molecule has 4 nitrogen and oxygen atoms in total. The van der Waals surface area contributed by atoms with Crippen LogP contribution in [-0.2, 0) is 0 Å². The lowest BCUT2D eigenvalue weighted by atomic mass is 10.3. The van der Waals surface area contributed by atoms with Gasteiger partial charge in [-0.05, 0) is 13.3 Å². The first-order valence-corrected chi connectivity index (χ1v) is 5.86. The maximum Gasteiger partial charge on any atom is 0.269 e. The van der Waals surface area contributed by atoms with Gasteiger partial charge in [0.2, 0.25) is 0 Å². The van der Waals surface area contributed by atoms with Crippen LogP contribution in [0.15, 0.2) is 10.7 Å². The summed E-state index contributed by atoms with van der Waals surface area (Å²) in [5, 5.41) is 4.62. The monoisotopic (exact) mass is 243 g/mol. The lowest BCUT2D eigenvalue weighted by Crippen LogP contribution is -1.90. The van der Waals surface area contributed by atoms with Gasteiger partial charge in [-0.15, -0.1) is 22.9 Å². The van der Waals surface area contributed by atoms with Gasteiger partial charge in [-0.1, -0.05) is 12.1 Å². The second-order valence-electron chi connectivity index (χ2n) is 3.08. The highest BCUT2D eigenvalue weighted by Crippen LogP contribution is 2.27. The highest BCUT2D eigenvalue weighted by Gasteiger charge is 2.16. The highest BCUT2D eigenvalue weighted by molar-refractivity contribution is 7.14. The molecule has 0 aliphatic rings. The van der Waals surface area contributed by atoms with Gasteiger partial charge in [0.15, 0.2) is 5.82 Å². The Morgan fingerprint density at radius 2 is 2.40 bits per heavy atom. The second kappa shape index (κ2) is 4.28. The summed E-state index contributed by atoms with van der Waals surface area (Å²) >= 11 is 7.52. The summed E-state index contributed by atoms with van der Waals surface area (Å²) in [5.74, 6) is 1.04. The van der Waals surface area contributed by atoms with Gasteiger partial charge in [0.05, 0.1) is 16.6 Å². The van der Waals surface area contributed by atoms with E-state index >= 15 is 0 Å². The summed E-state index contributed by atoms with van der Waals surface area (Å²) in [6.07, 6.45) is 2.51. The Hall–Kier alpha value is -0.940. The Morgan fingerprint density at radius 1 is 1.60 bits per heavy atom. The molecular weight excluding hydrogens is 234 g/mol. The molecule has 0 aliphatic carbocycles. The summed E-state index contributed by atoms with van der Waals surface area (Å²) in [5.41, 5.74) is 0. The zero-order valence-electron chi connectivity index (χ0n) is 8.40. The molecule has 0 fully saturated rings. The van der Waals surface area contributed by atoms with Crippen molar-refractivity contribution in [1.82, 2.24) is 15.1 Å². The third kappa shape index (κ3) is 2.18. The Labute approximate surface area is 96.3 Å². The second-order valence-corrected chi connectivity index (χ2v) is 4.84. The zero-order chi connectivity index (χ0) is 10.8. The molecule has 1 unspecified atom stereocenters. The molecule has 2 aromatic heterocycles. The van der Waals surface area contributed by atoms with Gasteiger partial charge >= 0.3 is 0 Å². The molecule has 0 radical (unpaired) electrons. The van der Waals surface area contributed by atoms with Crippen molar-refractivity contribution in [3.8, 4) is 10.8 Å². The number of halogens is 1. The van der Waals surface area contributed by atoms with Gasteiger partial charge < -0.3 is 4.52 Å². The minimum absolute atomic E-state index is 0.184. The number of rotatable bonds is 3. The minimum Gasteiger partial charge on any atom is -0.333 e. The van der Waals surface area contributed by atoms with Gasteiger partial charge in [-0.3, -0.25) is 0 Å². The fourth-order valence-electron chi connectivity index (χ4n) is 1.10. The molecule has 2 heterocycles. The third-order valence-corrected chi connectivity index (χ3v) is 3.32. The first-order valence-electron chi connectivity index (χ1n) is 4.61. The summed E-state index contributed by atoms with van der Waals surface area (Å²) < 4.78 is 5.11. The van der Waals surface area contributed by atoms with Gasteiger partial charge in [0, 0.05) is 0 Å². The smallest absolute Gasteiger partial charge is 0.269 e. The summed E-state index contributed by atoms with van der Waals surface area (Å²) in [6, 6.07) is 0. The van der Waals surface area contributed by atoms with Crippen LogP contribution in [0.1, 0.15) is 29.6 Å². The molecule has 0 saturated carbocycles. The summed E-state index contributed by atoms with van der Waals surface area (Å²) in [7, 11) is 0. The molecule has 0 aromatic carbocycles. The molecule has 0 spiro atoms. The predicted octanol–water partition coefficient (Wildman–Crippen LogP) is 3.19. The fourth-order valence-corrected chi connectivity index (χ4v) is 1.89. The quantitative estimate of drug-likeness (QED) is 0.777. The van der Waals surface area contributed by atoms with Crippen molar-refractivity contribution in [3.63, 3.8) is 0 Å². The molecule has 2 aromatic rings. The highest BCUT2D eigenvalue weighted by atomic mass is 35.5. The van der Waals surface area contributed by atoms with E-state index in [9.17, 15) is 0 Å². The molecule has 2 rings (SSSR count). The van der Waals surface area contributed by atoms with Crippen LogP contribution in [-0.4, -0.2) is 15.1 Å². The topological polar surface area (TPSA) is 51.8 Å². The van der Waals surface area contributed by atoms with E-state index in [1.807, 2.05) is 13.8 Å². The SMILES string of the molecule is CCC(Cl)c1noc(-c2cnc(C)s2)n1. The Morgan fingerprint density at radius 3 is 3.00 bits per heavy atom. The van der Waals surface area contributed by atoms with Crippen LogP contribution in [0.2, 0.25) is 0 Å². The van der Waals surface area contributed by atoms with E-state index in [1.54, 1.807) is 6.20 Å². The van der Waals surface area contributed by atoms with E-state index in [1.165, 1.54) is 11.3 Å². The Balaban J connectivity index is 2.27. The maximum absolute atomic E-state index is 6.00. The standard InChI is InChI=1S/C9H10ClN3OS/c1-3-6(10)8-12-9(14-13-8)7-4-11-5(2)15-7/h4,6H,3H2,1-2H3. The van der Waals surface area contributed by atoms with Crippen LogP contribution in [0.4, 0.5) is 0 Å². The van der Waals surface area contributed by atoms with Gasteiger partial charge in [0.1, 0.15) is 4.88 Å². The van der Waals surface area contributed by atoms with Crippen molar-refractivity contribution < 1.29 is 4.52 Å². The molecular formula is C9H10ClN3OS. The average molecular weight is 244 g/mol. The number of alkyl halides is 1. The van der Waals surface area contributed by atoms with Crippen LogP contribution in [0.5, 0.6) is 0 Å². The summed E-state index contributed by atoms with van der Waals surface area (Å²) in [6.45, 7) is 3.91. The van der Waals surface area contributed by atoms with Crippen molar-refractivity contribution in [2.45, 2.75) is 25.6 Å². The minimum atomic E-state index is -0.184. The number of thiazole rings is 1. The summed E-state index contributed by atoms with van der Waals surface area (Å²) in [4.78, 5) is 9.23. The number of hydrogen-bond donors (Lipinski definition) is 0. The number of aryl methyl sites for hydroxylation is 1. The molecule has 0 amide bonds. The van der Waals surface area contributed by atoms with E-state index in [0.29, 0.717) is 11.7 Å². The fraction of sp³-hybridized carbons (Fsp3) is 0.444. The molecule has 6 heteroatoms. The lowest BCUT2D eigenvalue weighted by molar-refractivity contribution is 0.422. The van der Waals surface area contributed by atoms with Crippen LogP contribution in [0, 0.1) is 6.92 Å². The van der Waals surface area contributed by atoms with Crippen molar-refractivity contribution in [2.24, 2.45) is 0 Å². The van der Waals surface area contributed by atoms with Crippen molar-refractivity contribution in [1.29, 1.82) is 0 Å². The maximum atomic E-state index is 6.00. The Kier molecular flexibility index (Phi) is 3.02. The van der Waals surface area contributed by atoms with E-state index in [2.05, 4.69) is 15.1 Å². The van der Waals surface area contributed by atoms with Gasteiger partial charge in [-0.25, -0.2) is 4.98 Å². The lowest BCUT2D eigenvalue weighted by Gasteiger charge is -1.95. The van der Waals surface area contributed by atoms with E-state index < -0.39 is 0 Å². The third-order valence-electron chi connectivity index (χ3n) is 1.91. The van der Waals surface area contributed by atoms with E-state index in [-0.39, 0.29) is 5.38 Å². The predicted molar refractivity (Wildman–Crippen MR) is 59.0 cm³/mol. The molecule has 0 saturated heterocycles. The van der Waals surface area contributed by atoms with Crippen LogP contribution >= 0.6 is 22.9 Å². The molecule has 1 atom stereocenters. The Bertz CT molecular complexity index is 454. The van der Waals surface area contributed by atoms with Crippen LogP contribution in [0.3, 0.4) is 0 Å². The van der Waals surface area contributed by atoms with Crippen molar-refractivity contribution in [2.75, 3.05) is 0 Å². The van der Waals surface area contributed by atoms with E-state index in [4.69, 9.17) is 16.1 Å². The molecule has 0 bridgehead atoms. The number of hydrogen-bond acceptors (Lipinski definition) is 5. The largest absolute Gasteiger partial charge is 0.333 e. The molecule has 15 heavy (non-hydrogen) atoms. The van der Waals surface area contributed by atoms with Gasteiger partial charge in [0.25, 0.3) is 5.89 Å².